The Morgan fingerprint density at radius 3 is 2.27 bits per heavy atom. The second-order valence-corrected chi connectivity index (χ2v) is 10.7. The molecule has 1 aromatic heterocycles. The molecule has 0 bridgehead atoms. The van der Waals surface area contributed by atoms with Crippen LogP contribution >= 0.6 is 0 Å². The van der Waals surface area contributed by atoms with E-state index in [0.717, 1.165) is 47.1 Å². The largest absolute Gasteiger partial charge is 0.507 e. The van der Waals surface area contributed by atoms with Crippen LogP contribution in [-0.2, 0) is 10.8 Å². The fourth-order valence-corrected chi connectivity index (χ4v) is 5.54. The van der Waals surface area contributed by atoms with Gasteiger partial charge in [-0.15, -0.1) is 0 Å². The summed E-state index contributed by atoms with van der Waals surface area (Å²) in [6.07, 6.45) is 3.13. The SMILES string of the molecule is CC1(C)CCC(C)(c2c(C(C)(C)CO)n(-c3ccc(F)cc3)c3cccc(O)c23)C1. The van der Waals surface area contributed by atoms with Crippen LogP contribution < -0.4 is 0 Å². The lowest BCUT2D eigenvalue weighted by atomic mass is 9.72. The van der Waals surface area contributed by atoms with Gasteiger partial charge in [0.05, 0.1) is 12.1 Å². The Hall–Kier alpha value is -2.33. The van der Waals surface area contributed by atoms with Gasteiger partial charge in [0.1, 0.15) is 11.6 Å². The minimum Gasteiger partial charge on any atom is -0.507 e. The summed E-state index contributed by atoms with van der Waals surface area (Å²) < 4.78 is 15.8. The molecule has 0 amide bonds. The van der Waals surface area contributed by atoms with Crippen LogP contribution in [0, 0.1) is 11.2 Å². The van der Waals surface area contributed by atoms with Gasteiger partial charge in [-0.25, -0.2) is 4.39 Å². The first-order valence-corrected chi connectivity index (χ1v) is 10.7. The third-order valence-electron chi connectivity index (χ3n) is 6.92. The van der Waals surface area contributed by atoms with Crippen molar-refractivity contribution in [3.63, 3.8) is 0 Å². The van der Waals surface area contributed by atoms with Crippen LogP contribution in [0.2, 0.25) is 0 Å². The number of hydrogen-bond acceptors (Lipinski definition) is 2. The van der Waals surface area contributed by atoms with Crippen LogP contribution in [-0.4, -0.2) is 21.4 Å². The maximum Gasteiger partial charge on any atom is 0.125 e. The summed E-state index contributed by atoms with van der Waals surface area (Å²) in [6, 6.07) is 12.0. The molecule has 0 aliphatic heterocycles. The van der Waals surface area contributed by atoms with Gasteiger partial charge in [0.15, 0.2) is 0 Å². The molecule has 0 saturated heterocycles. The number of nitrogens with zero attached hydrogens (tertiary/aromatic N) is 1. The lowest BCUT2D eigenvalue weighted by Crippen LogP contribution is -2.31. The molecule has 0 radical (unpaired) electrons. The second-order valence-electron chi connectivity index (χ2n) is 10.7. The molecule has 1 fully saturated rings. The molecule has 1 saturated carbocycles. The van der Waals surface area contributed by atoms with Gasteiger partial charge in [0, 0.05) is 22.2 Å². The van der Waals surface area contributed by atoms with Gasteiger partial charge in [0.25, 0.3) is 0 Å². The van der Waals surface area contributed by atoms with Crippen molar-refractivity contribution in [1.29, 1.82) is 0 Å². The summed E-state index contributed by atoms with van der Waals surface area (Å²) >= 11 is 0. The number of rotatable bonds is 4. The van der Waals surface area contributed by atoms with Gasteiger partial charge in [-0.3, -0.25) is 0 Å². The van der Waals surface area contributed by atoms with E-state index in [1.807, 2.05) is 26.0 Å². The van der Waals surface area contributed by atoms with Crippen molar-refractivity contribution in [3.05, 3.63) is 59.5 Å². The molecule has 1 aliphatic rings. The van der Waals surface area contributed by atoms with E-state index in [2.05, 4.69) is 25.3 Å². The van der Waals surface area contributed by atoms with Gasteiger partial charge in [0.2, 0.25) is 0 Å². The van der Waals surface area contributed by atoms with Gasteiger partial charge < -0.3 is 14.8 Å². The highest BCUT2D eigenvalue weighted by molar-refractivity contribution is 5.94. The molecule has 1 heterocycles. The van der Waals surface area contributed by atoms with Crippen molar-refractivity contribution in [3.8, 4) is 11.4 Å². The Morgan fingerprint density at radius 2 is 1.70 bits per heavy atom. The zero-order valence-corrected chi connectivity index (χ0v) is 18.6. The first-order chi connectivity index (χ1) is 14.0. The molecule has 3 aromatic rings. The number of fused-ring (bicyclic) bond motifs is 1. The maximum atomic E-state index is 13.7. The number of aliphatic hydroxyl groups excluding tert-OH is 1. The van der Waals surface area contributed by atoms with Crippen LogP contribution in [0.4, 0.5) is 4.39 Å². The van der Waals surface area contributed by atoms with Crippen LogP contribution in [0.3, 0.4) is 0 Å². The number of aromatic nitrogens is 1. The quantitative estimate of drug-likeness (QED) is 0.538. The third-order valence-corrected chi connectivity index (χ3v) is 6.92. The van der Waals surface area contributed by atoms with E-state index in [9.17, 15) is 14.6 Å². The normalized spacial score (nSPS) is 21.4. The van der Waals surface area contributed by atoms with E-state index in [4.69, 9.17) is 0 Å². The zero-order valence-electron chi connectivity index (χ0n) is 18.6. The number of benzene rings is 2. The van der Waals surface area contributed by atoms with Gasteiger partial charge in [-0.05, 0) is 72.1 Å². The third kappa shape index (κ3) is 3.22. The van der Waals surface area contributed by atoms with Gasteiger partial charge in [-0.1, -0.05) is 40.7 Å². The van der Waals surface area contributed by atoms with E-state index in [1.54, 1.807) is 18.2 Å². The van der Waals surface area contributed by atoms with Crippen LogP contribution in [0.15, 0.2) is 42.5 Å². The molecule has 1 unspecified atom stereocenters. The summed E-state index contributed by atoms with van der Waals surface area (Å²) in [5.41, 5.74) is 3.36. The monoisotopic (exact) mass is 409 g/mol. The minimum absolute atomic E-state index is 0.0300. The average Bonchev–Trinajstić information content (AvgIpc) is 3.19. The molecular formula is C26H32FNO2. The summed E-state index contributed by atoms with van der Waals surface area (Å²) in [5.74, 6) is -0.0324. The van der Waals surface area contributed by atoms with Crippen molar-refractivity contribution in [1.82, 2.24) is 4.57 Å². The van der Waals surface area contributed by atoms with E-state index in [-0.39, 0.29) is 29.0 Å². The molecule has 2 N–H and O–H groups in total. The predicted octanol–water partition coefficient (Wildman–Crippen LogP) is 6.21. The van der Waals surface area contributed by atoms with E-state index in [1.165, 1.54) is 12.1 Å². The molecule has 4 rings (SSSR count). The van der Waals surface area contributed by atoms with Crippen LogP contribution in [0.5, 0.6) is 5.75 Å². The zero-order chi connectivity index (χ0) is 21.9. The van der Waals surface area contributed by atoms with E-state index >= 15 is 0 Å². The molecule has 4 heteroatoms. The minimum atomic E-state index is -0.551. The fraction of sp³-hybridized carbons (Fsp3) is 0.462. The first-order valence-electron chi connectivity index (χ1n) is 10.7. The molecular weight excluding hydrogens is 377 g/mol. The highest BCUT2D eigenvalue weighted by Crippen LogP contribution is 2.56. The first kappa shape index (κ1) is 20.9. The van der Waals surface area contributed by atoms with E-state index < -0.39 is 5.41 Å². The standard InChI is InChI=1S/C26H32FNO2/c1-24(2)13-14-26(5,15-24)22-21-19(7-6-8-20(21)30)28(23(22)25(3,4)16-29)18-11-9-17(27)10-12-18/h6-12,29-30H,13-16H2,1-5H3. The number of aliphatic hydroxyl groups is 1. The van der Waals surface area contributed by atoms with Gasteiger partial charge in [-0.2, -0.15) is 0 Å². The Morgan fingerprint density at radius 1 is 1.03 bits per heavy atom. The average molecular weight is 410 g/mol. The van der Waals surface area contributed by atoms with E-state index in [0.29, 0.717) is 0 Å². The summed E-state index contributed by atoms with van der Waals surface area (Å²) in [5, 5.41) is 22.2. The number of hydrogen-bond donors (Lipinski definition) is 2. The predicted molar refractivity (Wildman–Crippen MR) is 120 cm³/mol. The number of halogens is 1. The highest BCUT2D eigenvalue weighted by Gasteiger charge is 2.46. The fourth-order valence-electron chi connectivity index (χ4n) is 5.54. The molecule has 2 aromatic carbocycles. The molecule has 160 valence electrons. The summed E-state index contributed by atoms with van der Waals surface area (Å²) in [7, 11) is 0. The highest BCUT2D eigenvalue weighted by atomic mass is 19.1. The lowest BCUT2D eigenvalue weighted by molar-refractivity contribution is 0.211. The van der Waals surface area contributed by atoms with Crippen LogP contribution in [0.25, 0.3) is 16.6 Å². The second kappa shape index (κ2) is 6.84. The molecule has 3 nitrogen and oxygen atoms in total. The van der Waals surface area contributed by atoms with Crippen molar-refractivity contribution < 1.29 is 14.6 Å². The molecule has 1 aliphatic carbocycles. The maximum absolute atomic E-state index is 13.7. The Bertz CT molecular complexity index is 1090. The molecule has 1 atom stereocenters. The van der Waals surface area contributed by atoms with Crippen molar-refractivity contribution in [2.75, 3.05) is 6.61 Å². The van der Waals surface area contributed by atoms with Crippen molar-refractivity contribution in [2.24, 2.45) is 5.41 Å². The topological polar surface area (TPSA) is 45.4 Å². The Labute approximate surface area is 178 Å². The van der Waals surface area contributed by atoms with Gasteiger partial charge >= 0.3 is 0 Å². The Balaban J connectivity index is 2.16. The smallest absolute Gasteiger partial charge is 0.125 e. The van der Waals surface area contributed by atoms with Crippen molar-refractivity contribution >= 4 is 10.9 Å². The molecule has 30 heavy (non-hydrogen) atoms. The number of phenols is 1. The molecule has 0 spiro atoms. The number of aromatic hydroxyl groups is 1. The Kier molecular flexibility index (Phi) is 4.77. The van der Waals surface area contributed by atoms with Crippen molar-refractivity contribution in [2.45, 2.75) is 64.7 Å². The van der Waals surface area contributed by atoms with Crippen LogP contribution in [0.1, 0.15) is 65.1 Å². The number of phenolic OH excluding ortho intramolecular Hbond substituents is 1. The lowest BCUT2D eigenvalue weighted by Gasteiger charge is -2.34. The summed E-state index contributed by atoms with van der Waals surface area (Å²) in [6.45, 7) is 10.9. The summed E-state index contributed by atoms with van der Waals surface area (Å²) in [4.78, 5) is 0.